The lowest BCUT2D eigenvalue weighted by Crippen LogP contribution is -2.40. The molecule has 0 aromatic rings. The Morgan fingerprint density at radius 1 is 1.30 bits per heavy atom. The van der Waals surface area contributed by atoms with Gasteiger partial charge in [-0.2, -0.15) is 0 Å². The zero-order valence-electron chi connectivity index (χ0n) is 14.3. The van der Waals surface area contributed by atoms with Crippen molar-refractivity contribution in [1.29, 1.82) is 0 Å². The average Bonchev–Trinajstić information content (AvgIpc) is 2.35. The molecule has 0 aliphatic rings. The molecular formula is C16H34N2O2. The Morgan fingerprint density at radius 2 is 1.95 bits per heavy atom. The highest BCUT2D eigenvalue weighted by Gasteiger charge is 2.19. The molecule has 1 N–H and O–H groups in total. The van der Waals surface area contributed by atoms with Crippen LogP contribution in [0.1, 0.15) is 54.4 Å². The van der Waals surface area contributed by atoms with E-state index in [0.717, 1.165) is 32.5 Å². The number of esters is 1. The normalized spacial score (nSPS) is 13.6. The van der Waals surface area contributed by atoms with E-state index in [1.54, 1.807) is 0 Å². The van der Waals surface area contributed by atoms with E-state index in [2.05, 4.69) is 51.8 Å². The average molecular weight is 286 g/mol. The summed E-state index contributed by atoms with van der Waals surface area (Å²) in [4.78, 5) is 14.2. The van der Waals surface area contributed by atoms with Gasteiger partial charge in [0, 0.05) is 6.04 Å². The van der Waals surface area contributed by atoms with Gasteiger partial charge in [0.2, 0.25) is 0 Å². The third kappa shape index (κ3) is 10.2. The molecule has 120 valence electrons. The quantitative estimate of drug-likeness (QED) is 0.495. The van der Waals surface area contributed by atoms with E-state index in [4.69, 9.17) is 4.74 Å². The van der Waals surface area contributed by atoms with Crippen molar-refractivity contribution in [2.75, 3.05) is 32.8 Å². The van der Waals surface area contributed by atoms with Crippen LogP contribution in [0, 0.1) is 5.41 Å². The zero-order valence-corrected chi connectivity index (χ0v) is 14.3. The van der Waals surface area contributed by atoms with Crippen LogP contribution in [0.15, 0.2) is 0 Å². The molecule has 4 nitrogen and oxygen atoms in total. The van der Waals surface area contributed by atoms with Crippen LogP contribution in [-0.2, 0) is 9.53 Å². The van der Waals surface area contributed by atoms with Gasteiger partial charge < -0.3 is 10.1 Å². The Labute approximate surface area is 125 Å². The summed E-state index contributed by atoms with van der Waals surface area (Å²) in [5, 5.41) is 3.33. The molecule has 0 aromatic heterocycles. The fourth-order valence-electron chi connectivity index (χ4n) is 1.92. The van der Waals surface area contributed by atoms with Crippen molar-refractivity contribution in [2.45, 2.75) is 60.4 Å². The molecule has 4 heteroatoms. The summed E-state index contributed by atoms with van der Waals surface area (Å²) in [6.45, 7) is 16.5. The summed E-state index contributed by atoms with van der Waals surface area (Å²) in [6.07, 6.45) is 2.11. The summed E-state index contributed by atoms with van der Waals surface area (Å²) >= 11 is 0. The molecule has 0 fully saturated rings. The van der Waals surface area contributed by atoms with Crippen LogP contribution in [0.4, 0.5) is 0 Å². The highest BCUT2D eigenvalue weighted by Crippen LogP contribution is 2.13. The molecule has 0 saturated heterocycles. The molecule has 0 bridgehead atoms. The van der Waals surface area contributed by atoms with E-state index < -0.39 is 0 Å². The van der Waals surface area contributed by atoms with Gasteiger partial charge in [-0.15, -0.1) is 0 Å². The fourth-order valence-corrected chi connectivity index (χ4v) is 1.92. The van der Waals surface area contributed by atoms with Crippen molar-refractivity contribution < 1.29 is 9.53 Å². The number of carbonyl (C=O) groups is 1. The Hall–Kier alpha value is -0.610. The maximum Gasteiger partial charge on any atom is 0.320 e. The smallest absolute Gasteiger partial charge is 0.320 e. The van der Waals surface area contributed by atoms with Crippen molar-refractivity contribution in [2.24, 2.45) is 5.41 Å². The highest BCUT2D eigenvalue weighted by molar-refractivity contribution is 5.71. The molecular weight excluding hydrogens is 252 g/mol. The summed E-state index contributed by atoms with van der Waals surface area (Å²) in [5.74, 6) is -0.108. The SMILES string of the molecule is CCCN(CC(=O)OCC(C)(C)C)[C@H](C)CCNCC. The maximum atomic E-state index is 11.9. The lowest BCUT2D eigenvalue weighted by molar-refractivity contribution is -0.148. The molecule has 0 aromatic carbocycles. The Balaban J connectivity index is 4.20. The minimum Gasteiger partial charge on any atom is -0.464 e. The zero-order chi connectivity index (χ0) is 15.6. The van der Waals surface area contributed by atoms with Crippen LogP contribution in [0.3, 0.4) is 0 Å². The predicted octanol–water partition coefficient (Wildman–Crippen LogP) is 2.68. The summed E-state index contributed by atoms with van der Waals surface area (Å²) in [5.41, 5.74) is 0.0297. The molecule has 0 heterocycles. The molecule has 0 aliphatic carbocycles. The number of ether oxygens (including phenoxy) is 1. The number of nitrogens with zero attached hydrogens (tertiary/aromatic N) is 1. The summed E-state index contributed by atoms with van der Waals surface area (Å²) < 4.78 is 5.36. The van der Waals surface area contributed by atoms with Gasteiger partial charge in [0.1, 0.15) is 0 Å². The third-order valence-electron chi connectivity index (χ3n) is 3.12. The number of nitrogens with one attached hydrogen (secondary N) is 1. The second-order valence-electron chi connectivity index (χ2n) is 6.68. The van der Waals surface area contributed by atoms with Gasteiger partial charge in [0.25, 0.3) is 0 Å². The molecule has 0 rings (SSSR count). The Kier molecular flexibility index (Phi) is 9.86. The lowest BCUT2D eigenvalue weighted by atomic mass is 9.99. The predicted molar refractivity (Wildman–Crippen MR) is 84.9 cm³/mol. The van der Waals surface area contributed by atoms with Gasteiger partial charge in [-0.1, -0.05) is 34.6 Å². The minimum atomic E-state index is -0.108. The summed E-state index contributed by atoms with van der Waals surface area (Å²) in [7, 11) is 0. The van der Waals surface area contributed by atoms with Gasteiger partial charge in [-0.3, -0.25) is 9.69 Å². The molecule has 0 amide bonds. The maximum absolute atomic E-state index is 11.9. The molecule has 0 saturated carbocycles. The first-order chi connectivity index (χ1) is 9.30. The van der Waals surface area contributed by atoms with Crippen LogP contribution < -0.4 is 5.32 Å². The van der Waals surface area contributed by atoms with E-state index in [1.807, 2.05) is 0 Å². The van der Waals surface area contributed by atoms with Crippen molar-refractivity contribution >= 4 is 5.97 Å². The molecule has 0 unspecified atom stereocenters. The van der Waals surface area contributed by atoms with E-state index in [0.29, 0.717) is 19.2 Å². The number of rotatable bonds is 10. The third-order valence-corrected chi connectivity index (χ3v) is 3.12. The molecule has 0 spiro atoms. The van der Waals surface area contributed by atoms with Crippen molar-refractivity contribution in [1.82, 2.24) is 10.2 Å². The Morgan fingerprint density at radius 3 is 2.45 bits per heavy atom. The van der Waals surface area contributed by atoms with Crippen LogP contribution in [0.5, 0.6) is 0 Å². The second-order valence-corrected chi connectivity index (χ2v) is 6.68. The number of hydrogen-bond donors (Lipinski definition) is 1. The van der Waals surface area contributed by atoms with Crippen LogP contribution in [0.2, 0.25) is 0 Å². The first-order valence-electron chi connectivity index (χ1n) is 7.90. The number of carbonyl (C=O) groups excluding carboxylic acids is 1. The van der Waals surface area contributed by atoms with Crippen molar-refractivity contribution in [3.05, 3.63) is 0 Å². The topological polar surface area (TPSA) is 41.6 Å². The van der Waals surface area contributed by atoms with E-state index in [1.165, 1.54) is 0 Å². The molecule has 0 radical (unpaired) electrons. The second kappa shape index (κ2) is 10.2. The Bertz CT molecular complexity index is 262. The number of hydrogen-bond acceptors (Lipinski definition) is 4. The van der Waals surface area contributed by atoms with Crippen LogP contribution in [0.25, 0.3) is 0 Å². The van der Waals surface area contributed by atoms with Gasteiger partial charge >= 0.3 is 5.97 Å². The first kappa shape index (κ1) is 19.4. The van der Waals surface area contributed by atoms with E-state index in [-0.39, 0.29) is 11.4 Å². The van der Waals surface area contributed by atoms with Crippen molar-refractivity contribution in [3.8, 4) is 0 Å². The fraction of sp³-hybridized carbons (Fsp3) is 0.938. The van der Waals surface area contributed by atoms with Gasteiger partial charge in [0.05, 0.1) is 13.2 Å². The van der Waals surface area contributed by atoms with E-state index in [9.17, 15) is 4.79 Å². The standard InChI is InChI=1S/C16H34N2O2/c1-7-11-18(14(3)9-10-17-8-2)12-15(19)20-13-16(4,5)6/h14,17H,7-13H2,1-6H3/t14-/m1/s1. The largest absolute Gasteiger partial charge is 0.464 e. The van der Waals surface area contributed by atoms with Gasteiger partial charge in [-0.05, 0) is 44.8 Å². The lowest BCUT2D eigenvalue weighted by Gasteiger charge is -2.28. The van der Waals surface area contributed by atoms with E-state index >= 15 is 0 Å². The van der Waals surface area contributed by atoms with Crippen molar-refractivity contribution in [3.63, 3.8) is 0 Å². The highest BCUT2D eigenvalue weighted by atomic mass is 16.5. The summed E-state index contributed by atoms with van der Waals surface area (Å²) in [6, 6.07) is 0.399. The molecule has 1 atom stereocenters. The first-order valence-corrected chi connectivity index (χ1v) is 7.90. The minimum absolute atomic E-state index is 0.0297. The van der Waals surface area contributed by atoms with Crippen LogP contribution >= 0.6 is 0 Å². The monoisotopic (exact) mass is 286 g/mol. The van der Waals surface area contributed by atoms with Gasteiger partial charge in [0.15, 0.2) is 0 Å². The van der Waals surface area contributed by atoms with Crippen LogP contribution in [-0.4, -0.2) is 49.7 Å². The molecule has 20 heavy (non-hydrogen) atoms. The van der Waals surface area contributed by atoms with Gasteiger partial charge in [-0.25, -0.2) is 0 Å². The molecule has 0 aliphatic heterocycles.